The lowest BCUT2D eigenvalue weighted by Crippen LogP contribution is -2.51. The third-order valence-corrected chi connectivity index (χ3v) is 5.14. The molecule has 8 heteroatoms. The predicted molar refractivity (Wildman–Crippen MR) is 96.0 cm³/mol. The number of halogens is 4. The second-order valence-corrected chi connectivity index (χ2v) is 6.43. The lowest BCUT2D eigenvalue weighted by Gasteiger charge is -2.39. The highest BCUT2D eigenvalue weighted by Crippen LogP contribution is 2.34. The molecule has 1 aromatic rings. The predicted octanol–water partition coefficient (Wildman–Crippen LogP) is 3.79. The molecule has 1 saturated heterocycles. The molecular weight excluding hydrogens is 369 g/mol. The number of alkyl halides is 3. The first-order chi connectivity index (χ1) is 11.8. The van der Waals surface area contributed by atoms with Crippen LogP contribution in [0, 0.1) is 5.41 Å². The Morgan fingerprint density at radius 3 is 2.50 bits per heavy atom. The fraction of sp³-hybridized carbons (Fsp3) is 0.611. The van der Waals surface area contributed by atoms with E-state index in [0.717, 1.165) is 12.1 Å². The van der Waals surface area contributed by atoms with E-state index in [-0.39, 0.29) is 31.4 Å². The van der Waals surface area contributed by atoms with Gasteiger partial charge in [-0.2, -0.15) is 13.2 Å². The molecule has 0 aliphatic carbocycles. The van der Waals surface area contributed by atoms with Crippen LogP contribution < -0.4 is 5.73 Å². The molecule has 0 radical (unpaired) electrons. The summed E-state index contributed by atoms with van der Waals surface area (Å²) in [7, 11) is 0. The van der Waals surface area contributed by atoms with Crippen molar-refractivity contribution in [1.29, 1.82) is 0 Å². The van der Waals surface area contributed by atoms with E-state index in [1.54, 1.807) is 11.0 Å². The van der Waals surface area contributed by atoms with E-state index in [2.05, 4.69) is 0 Å². The van der Waals surface area contributed by atoms with Crippen molar-refractivity contribution >= 4 is 18.3 Å². The normalized spacial score (nSPS) is 18.4. The molecule has 1 heterocycles. The molecule has 26 heavy (non-hydrogen) atoms. The van der Waals surface area contributed by atoms with Crippen molar-refractivity contribution in [3.8, 4) is 0 Å². The van der Waals surface area contributed by atoms with Gasteiger partial charge in [-0.1, -0.05) is 26.0 Å². The quantitative estimate of drug-likeness (QED) is 0.826. The number of hydrogen-bond acceptors (Lipinski definition) is 3. The molecule has 1 atom stereocenters. The van der Waals surface area contributed by atoms with Crippen molar-refractivity contribution in [2.45, 2.75) is 39.0 Å². The van der Waals surface area contributed by atoms with Gasteiger partial charge in [-0.05, 0) is 30.5 Å². The molecular formula is C18H26ClF3N2O2. The number of carbonyl (C=O) groups excluding carboxylic acids is 1. The molecule has 1 fully saturated rings. The van der Waals surface area contributed by atoms with E-state index in [1.807, 2.05) is 13.8 Å². The Morgan fingerprint density at radius 2 is 1.96 bits per heavy atom. The lowest BCUT2D eigenvalue weighted by atomic mass is 9.80. The van der Waals surface area contributed by atoms with Gasteiger partial charge in [0.05, 0.1) is 24.1 Å². The largest absolute Gasteiger partial charge is 0.416 e. The van der Waals surface area contributed by atoms with E-state index in [1.165, 1.54) is 6.07 Å². The topological polar surface area (TPSA) is 55.6 Å². The molecule has 1 aliphatic heterocycles. The summed E-state index contributed by atoms with van der Waals surface area (Å²) in [5.41, 5.74) is 4.95. The molecule has 1 aliphatic rings. The van der Waals surface area contributed by atoms with Crippen LogP contribution in [0.15, 0.2) is 24.3 Å². The number of amides is 1. The third kappa shape index (κ3) is 4.69. The molecule has 0 saturated carbocycles. The summed E-state index contributed by atoms with van der Waals surface area (Å²) in [4.78, 5) is 14.6. The van der Waals surface area contributed by atoms with Crippen LogP contribution in [0.3, 0.4) is 0 Å². The van der Waals surface area contributed by atoms with Gasteiger partial charge in [-0.25, -0.2) is 0 Å². The summed E-state index contributed by atoms with van der Waals surface area (Å²) in [6.45, 7) is 5.07. The van der Waals surface area contributed by atoms with Gasteiger partial charge >= 0.3 is 6.18 Å². The molecule has 148 valence electrons. The Bertz CT molecular complexity index is 598. The molecule has 0 spiro atoms. The average Bonchev–Trinajstić information content (AvgIpc) is 2.63. The highest BCUT2D eigenvalue weighted by molar-refractivity contribution is 5.85. The zero-order valence-electron chi connectivity index (χ0n) is 15.0. The Hall–Kier alpha value is -1.31. The van der Waals surface area contributed by atoms with Crippen LogP contribution >= 0.6 is 12.4 Å². The Labute approximate surface area is 158 Å². The summed E-state index contributed by atoms with van der Waals surface area (Å²) >= 11 is 0. The summed E-state index contributed by atoms with van der Waals surface area (Å²) in [5.74, 6) is -0.0414. The summed E-state index contributed by atoms with van der Waals surface area (Å²) in [5, 5.41) is 0. The van der Waals surface area contributed by atoms with Crippen LogP contribution in [0.1, 0.15) is 43.9 Å². The number of nitrogens with two attached hydrogens (primary N) is 1. The van der Waals surface area contributed by atoms with Crippen molar-refractivity contribution in [2.75, 3.05) is 26.2 Å². The number of nitrogens with zero attached hydrogens (tertiary/aromatic N) is 1. The third-order valence-electron chi connectivity index (χ3n) is 5.14. The molecule has 2 rings (SSSR count). The number of ether oxygens (including phenoxy) is 1. The molecule has 1 aromatic carbocycles. The molecule has 1 unspecified atom stereocenters. The van der Waals surface area contributed by atoms with E-state index < -0.39 is 23.3 Å². The number of rotatable bonds is 5. The summed E-state index contributed by atoms with van der Waals surface area (Å²) in [6.07, 6.45) is -3.71. The molecule has 2 N–H and O–H groups in total. The maximum absolute atomic E-state index is 12.9. The van der Waals surface area contributed by atoms with Gasteiger partial charge < -0.3 is 15.4 Å². The molecule has 0 aromatic heterocycles. The minimum atomic E-state index is -4.40. The van der Waals surface area contributed by atoms with E-state index in [9.17, 15) is 18.0 Å². The van der Waals surface area contributed by atoms with Crippen LogP contribution in [-0.2, 0) is 15.7 Å². The molecule has 4 nitrogen and oxygen atoms in total. The van der Waals surface area contributed by atoms with Crippen LogP contribution in [-0.4, -0.2) is 37.0 Å². The van der Waals surface area contributed by atoms with Crippen molar-refractivity contribution in [2.24, 2.45) is 11.1 Å². The van der Waals surface area contributed by atoms with Gasteiger partial charge in [-0.3, -0.25) is 4.79 Å². The van der Waals surface area contributed by atoms with Gasteiger partial charge in [0.25, 0.3) is 0 Å². The number of benzene rings is 1. The SMILES string of the molecule is CCC(CC)(CN)C(=O)N1CCOC(c2cccc(C(F)(F)F)c2)C1.Cl. The first kappa shape index (κ1) is 22.7. The Kier molecular flexibility index (Phi) is 7.92. The van der Waals surface area contributed by atoms with Crippen LogP contribution in [0.5, 0.6) is 0 Å². The molecule has 1 amide bonds. The van der Waals surface area contributed by atoms with Gasteiger partial charge in [0.15, 0.2) is 0 Å². The van der Waals surface area contributed by atoms with Crippen molar-refractivity contribution < 1.29 is 22.7 Å². The second-order valence-electron chi connectivity index (χ2n) is 6.43. The first-order valence-corrected chi connectivity index (χ1v) is 8.55. The number of hydrogen-bond donors (Lipinski definition) is 1. The average molecular weight is 395 g/mol. The monoisotopic (exact) mass is 394 g/mol. The summed E-state index contributed by atoms with van der Waals surface area (Å²) < 4.78 is 44.4. The van der Waals surface area contributed by atoms with Gasteiger partial charge in [0.1, 0.15) is 6.10 Å². The van der Waals surface area contributed by atoms with Crippen molar-refractivity contribution in [3.05, 3.63) is 35.4 Å². The van der Waals surface area contributed by atoms with Gasteiger partial charge in [0.2, 0.25) is 5.91 Å². The minimum Gasteiger partial charge on any atom is -0.370 e. The highest BCUT2D eigenvalue weighted by atomic mass is 35.5. The Morgan fingerprint density at radius 1 is 1.31 bits per heavy atom. The van der Waals surface area contributed by atoms with E-state index in [0.29, 0.717) is 31.6 Å². The zero-order valence-corrected chi connectivity index (χ0v) is 15.8. The fourth-order valence-corrected chi connectivity index (χ4v) is 3.21. The second kappa shape index (κ2) is 9.06. The first-order valence-electron chi connectivity index (χ1n) is 8.55. The van der Waals surface area contributed by atoms with Crippen molar-refractivity contribution in [3.63, 3.8) is 0 Å². The zero-order chi connectivity index (χ0) is 18.7. The van der Waals surface area contributed by atoms with Crippen LogP contribution in [0.4, 0.5) is 13.2 Å². The maximum atomic E-state index is 12.9. The maximum Gasteiger partial charge on any atom is 0.416 e. The van der Waals surface area contributed by atoms with E-state index in [4.69, 9.17) is 10.5 Å². The highest BCUT2D eigenvalue weighted by Gasteiger charge is 2.39. The standard InChI is InChI=1S/C18H25F3N2O2.ClH/c1-3-17(4-2,12-22)16(24)23-8-9-25-15(11-23)13-6-5-7-14(10-13)18(19,20)21;/h5-7,10,15H,3-4,8-9,11-12,22H2,1-2H3;1H. The van der Waals surface area contributed by atoms with E-state index >= 15 is 0 Å². The summed E-state index contributed by atoms with van der Waals surface area (Å²) in [6, 6.07) is 5.09. The smallest absolute Gasteiger partial charge is 0.370 e. The van der Waals surface area contributed by atoms with Gasteiger partial charge in [-0.15, -0.1) is 12.4 Å². The van der Waals surface area contributed by atoms with Gasteiger partial charge in [0, 0.05) is 13.1 Å². The minimum absolute atomic E-state index is 0. The van der Waals surface area contributed by atoms with Crippen LogP contribution in [0.25, 0.3) is 0 Å². The number of morpholine rings is 1. The van der Waals surface area contributed by atoms with Crippen molar-refractivity contribution in [1.82, 2.24) is 4.90 Å². The Balaban J connectivity index is 0.00000338. The number of carbonyl (C=O) groups is 1. The fourth-order valence-electron chi connectivity index (χ4n) is 3.21. The lowest BCUT2D eigenvalue weighted by molar-refractivity contribution is -0.150. The molecule has 0 bridgehead atoms. The van der Waals surface area contributed by atoms with Crippen LogP contribution in [0.2, 0.25) is 0 Å².